The molecule has 2 heterocycles. The third-order valence-electron chi connectivity index (χ3n) is 2.48. The molecule has 1 aliphatic rings. The van der Waals surface area contributed by atoms with Gasteiger partial charge in [-0.1, -0.05) is 6.42 Å². The van der Waals surface area contributed by atoms with E-state index in [1.54, 1.807) is 12.4 Å². The molecule has 1 aliphatic heterocycles. The van der Waals surface area contributed by atoms with Gasteiger partial charge in [0.05, 0.1) is 0 Å². The van der Waals surface area contributed by atoms with Crippen molar-refractivity contribution < 1.29 is 0 Å². The van der Waals surface area contributed by atoms with E-state index in [1.165, 1.54) is 19.3 Å². The van der Waals surface area contributed by atoms with Crippen LogP contribution in [0.5, 0.6) is 0 Å². The van der Waals surface area contributed by atoms with Crippen LogP contribution in [0, 0.1) is 0 Å². The predicted octanol–water partition coefficient (Wildman–Crippen LogP) is 1.03. The Kier molecular flexibility index (Phi) is 3.29. The zero-order valence-electron chi connectivity index (χ0n) is 8.24. The van der Waals surface area contributed by atoms with Crippen molar-refractivity contribution in [1.29, 1.82) is 0 Å². The number of nitrogens with one attached hydrogen (secondary N) is 2. The van der Waals surface area contributed by atoms with E-state index in [9.17, 15) is 0 Å². The van der Waals surface area contributed by atoms with Crippen LogP contribution in [0.4, 0.5) is 5.95 Å². The average Bonchev–Trinajstić information content (AvgIpc) is 2.29. The van der Waals surface area contributed by atoms with Crippen molar-refractivity contribution in [2.24, 2.45) is 0 Å². The predicted molar refractivity (Wildman–Crippen MR) is 56.2 cm³/mol. The summed E-state index contributed by atoms with van der Waals surface area (Å²) in [6, 6.07) is 2.40. The molecule has 0 aromatic carbocycles. The minimum Gasteiger partial charge on any atom is -0.353 e. The zero-order valence-corrected chi connectivity index (χ0v) is 8.24. The summed E-state index contributed by atoms with van der Waals surface area (Å²) in [5.41, 5.74) is 0. The molecule has 2 rings (SSSR count). The quantitative estimate of drug-likeness (QED) is 0.751. The Morgan fingerprint density at radius 1 is 1.36 bits per heavy atom. The molecule has 1 fully saturated rings. The van der Waals surface area contributed by atoms with Gasteiger partial charge < -0.3 is 10.6 Å². The lowest BCUT2D eigenvalue weighted by molar-refractivity contribution is 0.413. The molecular formula is C10H16N4. The lowest BCUT2D eigenvalue weighted by Crippen LogP contribution is -2.39. The highest BCUT2D eigenvalue weighted by Crippen LogP contribution is 2.07. The Balaban J connectivity index is 1.76. The molecule has 1 saturated heterocycles. The fourth-order valence-electron chi connectivity index (χ4n) is 1.70. The molecule has 1 aromatic heterocycles. The molecular weight excluding hydrogens is 176 g/mol. The standard InChI is InChI=1S/C10H16N4/c1-2-5-11-9(4-1)8-14-10-12-6-3-7-13-10/h3,6-7,9,11H,1-2,4-5,8H2,(H,12,13,14)/t9-/m1/s1. The van der Waals surface area contributed by atoms with Crippen LogP contribution in [-0.4, -0.2) is 29.1 Å². The topological polar surface area (TPSA) is 49.8 Å². The van der Waals surface area contributed by atoms with Gasteiger partial charge in [-0.25, -0.2) is 9.97 Å². The Morgan fingerprint density at radius 3 is 2.93 bits per heavy atom. The minimum atomic E-state index is 0.576. The van der Waals surface area contributed by atoms with Gasteiger partial charge in [-0.2, -0.15) is 0 Å². The molecule has 0 amide bonds. The van der Waals surface area contributed by atoms with Gasteiger partial charge in [0.25, 0.3) is 0 Å². The van der Waals surface area contributed by atoms with Crippen LogP contribution in [0.2, 0.25) is 0 Å². The van der Waals surface area contributed by atoms with Gasteiger partial charge in [-0.3, -0.25) is 0 Å². The molecule has 1 atom stereocenters. The van der Waals surface area contributed by atoms with E-state index in [2.05, 4.69) is 20.6 Å². The largest absolute Gasteiger partial charge is 0.353 e. The molecule has 0 aliphatic carbocycles. The van der Waals surface area contributed by atoms with E-state index in [4.69, 9.17) is 0 Å². The van der Waals surface area contributed by atoms with Gasteiger partial charge in [-0.05, 0) is 25.5 Å². The van der Waals surface area contributed by atoms with E-state index in [-0.39, 0.29) is 0 Å². The van der Waals surface area contributed by atoms with Crippen LogP contribution < -0.4 is 10.6 Å². The second kappa shape index (κ2) is 4.91. The van der Waals surface area contributed by atoms with Crippen molar-refractivity contribution in [3.8, 4) is 0 Å². The second-order valence-corrected chi connectivity index (χ2v) is 3.60. The Labute approximate surface area is 84.2 Å². The number of rotatable bonds is 3. The molecule has 0 unspecified atom stereocenters. The zero-order chi connectivity index (χ0) is 9.64. The maximum Gasteiger partial charge on any atom is 0.222 e. The van der Waals surface area contributed by atoms with Gasteiger partial charge >= 0.3 is 0 Å². The van der Waals surface area contributed by atoms with E-state index in [0.29, 0.717) is 6.04 Å². The summed E-state index contributed by atoms with van der Waals surface area (Å²) in [5.74, 6) is 0.722. The average molecular weight is 192 g/mol. The molecule has 1 aromatic rings. The first kappa shape index (κ1) is 9.40. The number of anilines is 1. The van der Waals surface area contributed by atoms with Crippen LogP contribution in [-0.2, 0) is 0 Å². The Morgan fingerprint density at radius 2 is 2.21 bits per heavy atom. The molecule has 0 saturated carbocycles. The fourth-order valence-corrected chi connectivity index (χ4v) is 1.70. The van der Waals surface area contributed by atoms with Crippen molar-refractivity contribution >= 4 is 5.95 Å². The SMILES string of the molecule is c1cnc(NC[C@H]2CCCCN2)nc1. The highest BCUT2D eigenvalue weighted by atomic mass is 15.1. The Bertz CT molecular complexity index is 256. The first-order chi connectivity index (χ1) is 6.95. The van der Waals surface area contributed by atoms with Crippen LogP contribution in [0.15, 0.2) is 18.5 Å². The van der Waals surface area contributed by atoms with Crippen molar-refractivity contribution in [3.05, 3.63) is 18.5 Å². The monoisotopic (exact) mass is 192 g/mol. The first-order valence-electron chi connectivity index (χ1n) is 5.19. The fraction of sp³-hybridized carbons (Fsp3) is 0.600. The second-order valence-electron chi connectivity index (χ2n) is 3.60. The summed E-state index contributed by atoms with van der Waals surface area (Å²) in [6.45, 7) is 2.06. The van der Waals surface area contributed by atoms with Crippen LogP contribution in [0.3, 0.4) is 0 Å². The van der Waals surface area contributed by atoms with Crippen molar-refractivity contribution in [2.45, 2.75) is 25.3 Å². The van der Waals surface area contributed by atoms with Crippen LogP contribution in [0.1, 0.15) is 19.3 Å². The van der Waals surface area contributed by atoms with Gasteiger partial charge in [-0.15, -0.1) is 0 Å². The van der Waals surface area contributed by atoms with Crippen molar-refractivity contribution in [3.63, 3.8) is 0 Å². The molecule has 4 heteroatoms. The van der Waals surface area contributed by atoms with E-state index in [1.807, 2.05) is 6.07 Å². The van der Waals surface area contributed by atoms with Crippen molar-refractivity contribution in [1.82, 2.24) is 15.3 Å². The summed E-state index contributed by atoms with van der Waals surface area (Å²) in [6.07, 6.45) is 7.39. The summed E-state index contributed by atoms with van der Waals surface area (Å²) in [4.78, 5) is 8.23. The maximum absolute atomic E-state index is 4.11. The molecule has 0 radical (unpaired) electrons. The van der Waals surface area contributed by atoms with Crippen molar-refractivity contribution in [2.75, 3.05) is 18.4 Å². The first-order valence-corrected chi connectivity index (χ1v) is 5.19. The highest BCUT2D eigenvalue weighted by molar-refractivity contribution is 5.22. The molecule has 4 nitrogen and oxygen atoms in total. The lowest BCUT2D eigenvalue weighted by atomic mass is 10.1. The minimum absolute atomic E-state index is 0.576. The van der Waals surface area contributed by atoms with Crippen LogP contribution in [0.25, 0.3) is 0 Å². The third kappa shape index (κ3) is 2.67. The summed E-state index contributed by atoms with van der Waals surface area (Å²) >= 11 is 0. The summed E-state index contributed by atoms with van der Waals surface area (Å²) in [7, 11) is 0. The van der Waals surface area contributed by atoms with E-state index < -0.39 is 0 Å². The van der Waals surface area contributed by atoms with Crippen LogP contribution >= 0.6 is 0 Å². The number of hydrogen-bond acceptors (Lipinski definition) is 4. The number of nitrogens with zero attached hydrogens (tertiary/aromatic N) is 2. The molecule has 0 bridgehead atoms. The molecule has 2 N–H and O–H groups in total. The smallest absolute Gasteiger partial charge is 0.222 e. The number of aromatic nitrogens is 2. The highest BCUT2D eigenvalue weighted by Gasteiger charge is 2.11. The number of piperidine rings is 1. The molecule has 14 heavy (non-hydrogen) atoms. The molecule has 76 valence electrons. The summed E-state index contributed by atoms with van der Waals surface area (Å²) in [5, 5.41) is 6.70. The lowest BCUT2D eigenvalue weighted by Gasteiger charge is -2.23. The summed E-state index contributed by atoms with van der Waals surface area (Å²) < 4.78 is 0. The Hall–Kier alpha value is -1.16. The normalized spacial score (nSPS) is 21.9. The van der Waals surface area contributed by atoms with Gasteiger partial charge in [0.15, 0.2) is 0 Å². The van der Waals surface area contributed by atoms with Gasteiger partial charge in [0.2, 0.25) is 5.95 Å². The number of hydrogen-bond donors (Lipinski definition) is 2. The molecule has 0 spiro atoms. The van der Waals surface area contributed by atoms with Gasteiger partial charge in [0.1, 0.15) is 0 Å². The van der Waals surface area contributed by atoms with Gasteiger partial charge in [0, 0.05) is 25.0 Å². The third-order valence-corrected chi connectivity index (χ3v) is 2.48. The van der Waals surface area contributed by atoms with E-state index in [0.717, 1.165) is 19.0 Å². The van der Waals surface area contributed by atoms with E-state index >= 15 is 0 Å². The maximum atomic E-state index is 4.11.